The number of pyridine rings is 1. The SMILES string of the molecule is O=C(Cc1ccc(Oc2ccc(OC3CCC(NC(=O)c4ccc5n[nH]nc5c4)CC3)cc2)nc1)Nc1ccccc1C(=O)O. The fourth-order valence-corrected chi connectivity index (χ4v) is 5.21. The summed E-state index contributed by atoms with van der Waals surface area (Å²) in [5.74, 6) is 0.0988. The molecule has 0 unspecified atom stereocenters. The van der Waals surface area contributed by atoms with Gasteiger partial charge in [-0.1, -0.05) is 18.2 Å². The average Bonchev–Trinajstić information content (AvgIpc) is 3.52. The highest BCUT2D eigenvalue weighted by Crippen LogP contribution is 2.27. The van der Waals surface area contributed by atoms with E-state index in [9.17, 15) is 19.5 Å². The van der Waals surface area contributed by atoms with Gasteiger partial charge in [-0.25, -0.2) is 9.78 Å². The number of nitrogens with one attached hydrogen (secondary N) is 3. The number of carbonyl (C=O) groups excluding carboxylic acids is 2. The van der Waals surface area contributed by atoms with Crippen molar-refractivity contribution in [3.63, 3.8) is 0 Å². The molecule has 4 N–H and O–H groups in total. The molecule has 2 heterocycles. The molecule has 0 atom stereocenters. The molecule has 6 rings (SSSR count). The Bertz CT molecular complexity index is 1810. The van der Waals surface area contributed by atoms with Crippen molar-refractivity contribution >= 4 is 34.5 Å². The van der Waals surface area contributed by atoms with Crippen molar-refractivity contribution in [1.82, 2.24) is 25.7 Å². The van der Waals surface area contributed by atoms with Gasteiger partial charge in [0.05, 0.1) is 23.8 Å². The third kappa shape index (κ3) is 7.42. The number of ether oxygens (including phenoxy) is 2. The summed E-state index contributed by atoms with van der Waals surface area (Å²) in [7, 11) is 0. The molecule has 2 amide bonds. The molecule has 2 aromatic heterocycles. The van der Waals surface area contributed by atoms with E-state index in [0.29, 0.717) is 28.3 Å². The molecule has 12 heteroatoms. The number of anilines is 1. The smallest absolute Gasteiger partial charge is 0.337 e. The second-order valence-electron chi connectivity index (χ2n) is 10.7. The van der Waals surface area contributed by atoms with E-state index in [1.807, 2.05) is 12.1 Å². The summed E-state index contributed by atoms with van der Waals surface area (Å²) in [6.45, 7) is 0. The number of aromatic carboxylic acids is 1. The minimum atomic E-state index is -1.11. The zero-order chi connectivity index (χ0) is 31.2. The summed E-state index contributed by atoms with van der Waals surface area (Å²) in [6.07, 6.45) is 4.93. The molecule has 228 valence electrons. The molecule has 0 aliphatic heterocycles. The maximum absolute atomic E-state index is 12.7. The number of H-pyrrole nitrogens is 1. The number of benzene rings is 3. The Morgan fingerprint density at radius 2 is 1.62 bits per heavy atom. The van der Waals surface area contributed by atoms with Crippen LogP contribution in [0.15, 0.2) is 85.1 Å². The van der Waals surface area contributed by atoms with Gasteiger partial charge < -0.3 is 25.2 Å². The van der Waals surface area contributed by atoms with Crippen LogP contribution in [0.5, 0.6) is 17.4 Å². The number of hydrogen-bond donors (Lipinski definition) is 4. The van der Waals surface area contributed by atoms with E-state index in [1.165, 1.54) is 6.07 Å². The predicted octanol–water partition coefficient (Wildman–Crippen LogP) is 5.14. The van der Waals surface area contributed by atoms with Crippen LogP contribution in [-0.2, 0) is 11.2 Å². The first kappa shape index (κ1) is 29.3. The van der Waals surface area contributed by atoms with Crippen molar-refractivity contribution in [3.8, 4) is 17.4 Å². The number of carboxylic acid groups (broad SMARTS) is 1. The lowest BCUT2D eigenvalue weighted by atomic mass is 9.92. The van der Waals surface area contributed by atoms with Crippen LogP contribution in [0, 0.1) is 0 Å². The van der Waals surface area contributed by atoms with Gasteiger partial charge >= 0.3 is 5.97 Å². The minimum absolute atomic E-state index is 0.0245. The molecular weight excluding hydrogens is 576 g/mol. The Labute approximate surface area is 257 Å². The van der Waals surface area contributed by atoms with Gasteiger partial charge in [-0.3, -0.25) is 9.59 Å². The van der Waals surface area contributed by atoms with E-state index in [1.54, 1.807) is 66.9 Å². The van der Waals surface area contributed by atoms with E-state index in [-0.39, 0.29) is 41.6 Å². The van der Waals surface area contributed by atoms with Crippen molar-refractivity contribution in [1.29, 1.82) is 0 Å². The molecule has 1 aliphatic rings. The standard InChI is InChI=1S/C33H30N6O6/c40-30(36-27-4-2-1-3-26(27)33(42)43)17-20-5-16-31(34-19-20)45-25-13-11-24(12-14-25)44-23-9-7-22(8-10-23)35-32(41)21-6-15-28-29(18-21)38-39-37-28/h1-6,11-16,18-19,22-23H,7-10,17H2,(H,35,41)(H,36,40)(H,42,43)(H,37,38,39). The molecule has 12 nitrogen and oxygen atoms in total. The number of nitrogens with zero attached hydrogens (tertiary/aromatic N) is 3. The van der Waals surface area contributed by atoms with E-state index >= 15 is 0 Å². The number of amides is 2. The van der Waals surface area contributed by atoms with Gasteiger partial charge in [0, 0.05) is 23.9 Å². The molecule has 0 radical (unpaired) electrons. The van der Waals surface area contributed by atoms with Crippen LogP contribution in [0.2, 0.25) is 0 Å². The lowest BCUT2D eigenvalue weighted by Gasteiger charge is -2.29. The van der Waals surface area contributed by atoms with Gasteiger partial charge in [0.25, 0.3) is 5.91 Å². The maximum Gasteiger partial charge on any atom is 0.337 e. The van der Waals surface area contributed by atoms with E-state index in [2.05, 4.69) is 31.0 Å². The Morgan fingerprint density at radius 3 is 2.38 bits per heavy atom. The van der Waals surface area contributed by atoms with Crippen molar-refractivity contribution < 1.29 is 29.0 Å². The third-order valence-electron chi connectivity index (χ3n) is 7.53. The second kappa shape index (κ2) is 13.2. The first-order chi connectivity index (χ1) is 21.9. The summed E-state index contributed by atoms with van der Waals surface area (Å²) in [5.41, 5.74) is 2.86. The fourth-order valence-electron chi connectivity index (χ4n) is 5.21. The van der Waals surface area contributed by atoms with Crippen LogP contribution in [0.3, 0.4) is 0 Å². The molecular formula is C33H30N6O6. The Kier molecular flexibility index (Phi) is 8.63. The zero-order valence-electron chi connectivity index (χ0n) is 24.1. The van der Waals surface area contributed by atoms with Crippen LogP contribution in [0.25, 0.3) is 11.0 Å². The van der Waals surface area contributed by atoms with Crippen molar-refractivity contribution in [2.45, 2.75) is 44.2 Å². The van der Waals surface area contributed by atoms with E-state index in [0.717, 1.165) is 36.9 Å². The molecule has 1 saturated carbocycles. The van der Waals surface area contributed by atoms with Crippen LogP contribution in [-0.4, -0.2) is 55.4 Å². The van der Waals surface area contributed by atoms with Crippen molar-refractivity contribution in [3.05, 3.63) is 102 Å². The van der Waals surface area contributed by atoms with E-state index in [4.69, 9.17) is 9.47 Å². The Morgan fingerprint density at radius 1 is 0.867 bits per heavy atom. The Balaban J connectivity index is 0.942. The Hall–Kier alpha value is -5.78. The molecule has 0 bridgehead atoms. The lowest BCUT2D eigenvalue weighted by molar-refractivity contribution is -0.115. The van der Waals surface area contributed by atoms with Crippen molar-refractivity contribution in [2.24, 2.45) is 0 Å². The summed E-state index contributed by atoms with van der Waals surface area (Å²) >= 11 is 0. The minimum Gasteiger partial charge on any atom is -0.490 e. The van der Waals surface area contributed by atoms with Gasteiger partial charge in [0.2, 0.25) is 11.8 Å². The van der Waals surface area contributed by atoms with Gasteiger partial charge in [0.1, 0.15) is 22.5 Å². The van der Waals surface area contributed by atoms with Crippen molar-refractivity contribution in [2.75, 3.05) is 5.32 Å². The number of para-hydroxylation sites is 1. The number of carboxylic acids is 1. The van der Waals surface area contributed by atoms with Gasteiger partial charge in [0.15, 0.2) is 0 Å². The highest BCUT2D eigenvalue weighted by atomic mass is 16.5. The first-order valence-electron chi connectivity index (χ1n) is 14.5. The summed E-state index contributed by atoms with van der Waals surface area (Å²) in [4.78, 5) is 40.8. The topological polar surface area (TPSA) is 168 Å². The number of rotatable bonds is 10. The molecule has 0 saturated heterocycles. The highest BCUT2D eigenvalue weighted by Gasteiger charge is 2.24. The average molecular weight is 607 g/mol. The molecule has 5 aromatic rings. The van der Waals surface area contributed by atoms with Crippen LogP contribution >= 0.6 is 0 Å². The quantitative estimate of drug-likeness (QED) is 0.168. The monoisotopic (exact) mass is 606 g/mol. The van der Waals surface area contributed by atoms with Crippen LogP contribution in [0.4, 0.5) is 5.69 Å². The number of hydrogen-bond acceptors (Lipinski definition) is 8. The second-order valence-corrected chi connectivity index (χ2v) is 10.7. The summed E-state index contributed by atoms with van der Waals surface area (Å²) < 4.78 is 12.0. The summed E-state index contributed by atoms with van der Waals surface area (Å²) in [5, 5.41) is 25.7. The maximum atomic E-state index is 12.7. The molecule has 1 fully saturated rings. The highest BCUT2D eigenvalue weighted by molar-refractivity contribution is 6.01. The zero-order valence-corrected chi connectivity index (χ0v) is 24.1. The van der Waals surface area contributed by atoms with Gasteiger partial charge in [-0.2, -0.15) is 15.4 Å². The number of carbonyl (C=O) groups is 3. The van der Waals surface area contributed by atoms with E-state index < -0.39 is 5.97 Å². The van der Waals surface area contributed by atoms with Crippen LogP contribution in [0.1, 0.15) is 52.0 Å². The number of fused-ring (bicyclic) bond motifs is 1. The molecule has 0 spiro atoms. The third-order valence-corrected chi connectivity index (χ3v) is 7.53. The largest absolute Gasteiger partial charge is 0.490 e. The number of aromatic amines is 1. The number of aromatic nitrogens is 4. The fraction of sp³-hybridized carbons (Fsp3) is 0.212. The van der Waals surface area contributed by atoms with Gasteiger partial charge in [-0.05, 0) is 85.8 Å². The molecule has 3 aromatic carbocycles. The molecule has 45 heavy (non-hydrogen) atoms. The lowest BCUT2D eigenvalue weighted by Crippen LogP contribution is -2.39. The van der Waals surface area contributed by atoms with Crippen LogP contribution < -0.4 is 20.1 Å². The predicted molar refractivity (Wildman–Crippen MR) is 165 cm³/mol. The normalized spacial score (nSPS) is 16.1. The first-order valence-corrected chi connectivity index (χ1v) is 14.5. The molecule has 1 aliphatic carbocycles. The summed E-state index contributed by atoms with van der Waals surface area (Å²) in [6, 6.07) is 22.3. The van der Waals surface area contributed by atoms with Gasteiger partial charge in [-0.15, -0.1) is 0 Å².